The fourth-order valence-electron chi connectivity index (χ4n) is 2.68. The molecule has 0 radical (unpaired) electrons. The molecule has 1 aromatic carbocycles. The Kier molecular flexibility index (Phi) is 4.63. The molecule has 0 heterocycles. The predicted molar refractivity (Wildman–Crippen MR) is 79.2 cm³/mol. The van der Waals surface area contributed by atoms with Crippen molar-refractivity contribution in [2.75, 3.05) is 7.05 Å². The summed E-state index contributed by atoms with van der Waals surface area (Å²) >= 11 is 3.45. The van der Waals surface area contributed by atoms with Gasteiger partial charge in [0.1, 0.15) is 0 Å². The Hall–Kier alpha value is -0.870. The molecule has 0 saturated heterocycles. The topological polar surface area (TPSA) is 40.5 Å². The van der Waals surface area contributed by atoms with Crippen molar-refractivity contribution in [3.05, 3.63) is 33.8 Å². The van der Waals surface area contributed by atoms with Crippen LogP contribution >= 0.6 is 15.9 Å². The van der Waals surface area contributed by atoms with Crippen molar-refractivity contribution in [1.29, 1.82) is 0 Å². The number of rotatable bonds is 2. The molecule has 2 rings (SSSR count). The number of likely N-dealkylation sites (N-methyl/N-ethyl adjacent to an activating group) is 1. The molecule has 0 bridgehead atoms. The highest BCUT2D eigenvalue weighted by Gasteiger charge is 2.30. The summed E-state index contributed by atoms with van der Waals surface area (Å²) in [5.41, 5.74) is 1.77. The van der Waals surface area contributed by atoms with Crippen molar-refractivity contribution in [2.24, 2.45) is 0 Å². The Morgan fingerprint density at radius 1 is 1.37 bits per heavy atom. The second kappa shape index (κ2) is 6.06. The summed E-state index contributed by atoms with van der Waals surface area (Å²) in [4.78, 5) is 14.2. The average Bonchev–Trinajstić information content (AvgIpc) is 2.38. The number of aliphatic hydroxyl groups excluding tert-OH is 1. The van der Waals surface area contributed by atoms with Crippen LogP contribution in [-0.2, 0) is 0 Å². The first-order valence-electron chi connectivity index (χ1n) is 6.72. The van der Waals surface area contributed by atoms with E-state index in [4.69, 9.17) is 0 Å². The van der Waals surface area contributed by atoms with Crippen LogP contribution in [0, 0.1) is 6.92 Å². The van der Waals surface area contributed by atoms with Gasteiger partial charge in [0.15, 0.2) is 0 Å². The summed E-state index contributed by atoms with van der Waals surface area (Å²) in [5.74, 6) is -0.0298. The van der Waals surface area contributed by atoms with Crippen molar-refractivity contribution in [1.82, 2.24) is 4.90 Å². The lowest BCUT2D eigenvalue weighted by molar-refractivity contribution is 0.0267. The quantitative estimate of drug-likeness (QED) is 0.907. The third kappa shape index (κ3) is 3.18. The molecule has 0 aromatic heterocycles. The Labute approximate surface area is 122 Å². The average molecular weight is 326 g/mol. The zero-order chi connectivity index (χ0) is 14.0. The van der Waals surface area contributed by atoms with E-state index in [1.54, 1.807) is 11.9 Å². The fraction of sp³-hybridized carbons (Fsp3) is 0.533. The first-order chi connectivity index (χ1) is 9.00. The van der Waals surface area contributed by atoms with Gasteiger partial charge in [-0.3, -0.25) is 4.79 Å². The van der Waals surface area contributed by atoms with E-state index in [0.717, 1.165) is 35.7 Å². The van der Waals surface area contributed by atoms with Crippen molar-refractivity contribution in [3.8, 4) is 0 Å². The minimum atomic E-state index is -0.396. The maximum atomic E-state index is 12.5. The second-order valence-corrected chi connectivity index (χ2v) is 6.17. The Morgan fingerprint density at radius 3 is 2.68 bits per heavy atom. The molecule has 1 aromatic rings. The molecule has 4 heteroatoms. The van der Waals surface area contributed by atoms with Crippen LogP contribution in [0.3, 0.4) is 0 Å². The van der Waals surface area contributed by atoms with Gasteiger partial charge in [-0.05, 0) is 53.4 Å². The molecule has 1 amide bonds. The van der Waals surface area contributed by atoms with Crippen LogP contribution in [0.25, 0.3) is 0 Å². The van der Waals surface area contributed by atoms with Crippen LogP contribution in [0.2, 0.25) is 0 Å². The van der Waals surface area contributed by atoms with Gasteiger partial charge in [-0.2, -0.15) is 0 Å². The monoisotopic (exact) mass is 325 g/mol. The standard InChI is InChI=1S/C15H20BrNO2/c1-10-7-8-11(12(16)9-10)15(19)17(2)13-5-3-4-6-14(13)18/h7-9,13-14,18H,3-6H2,1-2H3. The molecule has 1 fully saturated rings. The molecule has 0 spiro atoms. The van der Waals surface area contributed by atoms with E-state index in [-0.39, 0.29) is 11.9 Å². The number of benzene rings is 1. The summed E-state index contributed by atoms with van der Waals surface area (Å²) < 4.78 is 0.814. The molecule has 2 atom stereocenters. The summed E-state index contributed by atoms with van der Waals surface area (Å²) in [7, 11) is 1.79. The molecule has 1 N–H and O–H groups in total. The molecule has 1 saturated carbocycles. The highest BCUT2D eigenvalue weighted by Crippen LogP contribution is 2.26. The van der Waals surface area contributed by atoms with E-state index >= 15 is 0 Å². The van der Waals surface area contributed by atoms with E-state index in [0.29, 0.717) is 5.56 Å². The first-order valence-corrected chi connectivity index (χ1v) is 7.51. The van der Waals surface area contributed by atoms with Crippen molar-refractivity contribution < 1.29 is 9.90 Å². The minimum absolute atomic E-state index is 0.0298. The summed E-state index contributed by atoms with van der Waals surface area (Å²) in [6.45, 7) is 1.99. The minimum Gasteiger partial charge on any atom is -0.391 e. The lowest BCUT2D eigenvalue weighted by Crippen LogP contribution is -2.46. The summed E-state index contributed by atoms with van der Waals surface area (Å²) in [6, 6.07) is 5.66. The smallest absolute Gasteiger partial charge is 0.255 e. The third-order valence-corrected chi connectivity index (χ3v) is 4.52. The molecule has 3 nitrogen and oxygen atoms in total. The van der Waals surface area contributed by atoms with Crippen molar-refractivity contribution >= 4 is 21.8 Å². The van der Waals surface area contributed by atoms with Crippen molar-refractivity contribution in [2.45, 2.75) is 44.8 Å². The number of carbonyl (C=O) groups is 1. The fourth-order valence-corrected chi connectivity index (χ4v) is 3.34. The first kappa shape index (κ1) is 14.5. The van der Waals surface area contributed by atoms with Gasteiger partial charge < -0.3 is 10.0 Å². The zero-order valence-corrected chi connectivity index (χ0v) is 13.0. The maximum absolute atomic E-state index is 12.5. The molecule has 0 aliphatic heterocycles. The molecule has 1 aliphatic rings. The summed E-state index contributed by atoms with van der Waals surface area (Å²) in [5, 5.41) is 10.0. The van der Waals surface area contributed by atoms with Gasteiger partial charge in [0.05, 0.1) is 17.7 Å². The number of aryl methyl sites for hydroxylation is 1. The number of amides is 1. The molecular formula is C15H20BrNO2. The number of nitrogens with zero attached hydrogens (tertiary/aromatic N) is 1. The highest BCUT2D eigenvalue weighted by atomic mass is 79.9. The lowest BCUT2D eigenvalue weighted by Gasteiger charge is -2.35. The Balaban J connectivity index is 2.18. The number of hydrogen-bond acceptors (Lipinski definition) is 2. The Bertz CT molecular complexity index is 475. The second-order valence-electron chi connectivity index (χ2n) is 5.32. The largest absolute Gasteiger partial charge is 0.391 e. The molecule has 104 valence electrons. The third-order valence-electron chi connectivity index (χ3n) is 3.87. The lowest BCUT2D eigenvalue weighted by atomic mass is 9.91. The number of aliphatic hydroxyl groups is 1. The van der Waals surface area contributed by atoms with Crippen LogP contribution in [0.4, 0.5) is 0 Å². The van der Waals surface area contributed by atoms with E-state index in [1.165, 1.54) is 0 Å². The van der Waals surface area contributed by atoms with Crippen LogP contribution in [0.1, 0.15) is 41.6 Å². The number of halogens is 1. The molecule has 19 heavy (non-hydrogen) atoms. The van der Waals surface area contributed by atoms with Gasteiger partial charge in [0.2, 0.25) is 0 Å². The van der Waals surface area contributed by atoms with Gasteiger partial charge in [-0.25, -0.2) is 0 Å². The normalized spacial score (nSPS) is 23.2. The van der Waals surface area contributed by atoms with E-state index in [2.05, 4.69) is 15.9 Å². The Morgan fingerprint density at radius 2 is 2.05 bits per heavy atom. The molecular weight excluding hydrogens is 306 g/mol. The van der Waals surface area contributed by atoms with Gasteiger partial charge in [-0.15, -0.1) is 0 Å². The van der Waals surface area contributed by atoms with Crippen LogP contribution in [0.15, 0.2) is 22.7 Å². The van der Waals surface area contributed by atoms with Crippen molar-refractivity contribution in [3.63, 3.8) is 0 Å². The zero-order valence-electron chi connectivity index (χ0n) is 11.4. The van der Waals surface area contributed by atoms with Gasteiger partial charge in [-0.1, -0.05) is 18.9 Å². The molecule has 1 aliphatic carbocycles. The molecule has 2 unspecified atom stereocenters. The SMILES string of the molecule is Cc1ccc(C(=O)N(C)C2CCCCC2O)c(Br)c1. The van der Waals surface area contributed by atoms with Gasteiger partial charge in [0.25, 0.3) is 5.91 Å². The predicted octanol–water partition coefficient (Wildman–Crippen LogP) is 3.13. The van der Waals surface area contributed by atoms with Crippen LogP contribution in [-0.4, -0.2) is 35.1 Å². The van der Waals surface area contributed by atoms with Gasteiger partial charge >= 0.3 is 0 Å². The van der Waals surface area contributed by atoms with Gasteiger partial charge in [0, 0.05) is 11.5 Å². The number of carbonyl (C=O) groups excluding carboxylic acids is 1. The van der Waals surface area contributed by atoms with E-state index in [1.807, 2.05) is 25.1 Å². The summed E-state index contributed by atoms with van der Waals surface area (Å²) in [6.07, 6.45) is 3.40. The van der Waals surface area contributed by atoms with E-state index in [9.17, 15) is 9.90 Å². The maximum Gasteiger partial charge on any atom is 0.255 e. The highest BCUT2D eigenvalue weighted by molar-refractivity contribution is 9.10. The number of hydrogen-bond donors (Lipinski definition) is 1. The van der Waals surface area contributed by atoms with Crippen LogP contribution < -0.4 is 0 Å². The van der Waals surface area contributed by atoms with Crippen LogP contribution in [0.5, 0.6) is 0 Å². The van der Waals surface area contributed by atoms with E-state index < -0.39 is 6.10 Å².